The molecule has 1 unspecified atom stereocenters. The zero-order valence-electron chi connectivity index (χ0n) is 11.1. The molecular formula is C14H20N2O2. The zero-order chi connectivity index (χ0) is 13.0. The Hall–Kier alpha value is -1.42. The van der Waals surface area contributed by atoms with Crippen LogP contribution in [0.5, 0.6) is 0 Å². The van der Waals surface area contributed by atoms with Crippen LogP contribution in [0, 0.1) is 5.92 Å². The number of nitrogens with zero attached hydrogens (tertiary/aromatic N) is 2. The molecule has 18 heavy (non-hydrogen) atoms. The van der Waals surface area contributed by atoms with E-state index in [9.17, 15) is 4.79 Å². The molecule has 4 heteroatoms. The molecular weight excluding hydrogens is 228 g/mol. The first-order chi connectivity index (χ1) is 8.70. The average molecular weight is 248 g/mol. The van der Waals surface area contributed by atoms with Gasteiger partial charge in [0.25, 0.3) is 0 Å². The van der Waals surface area contributed by atoms with Gasteiger partial charge >= 0.3 is 0 Å². The second-order valence-electron chi connectivity index (χ2n) is 4.87. The van der Waals surface area contributed by atoms with Crippen molar-refractivity contribution in [3.63, 3.8) is 0 Å². The Balaban J connectivity index is 2.04. The third-order valence-corrected chi connectivity index (χ3v) is 3.40. The summed E-state index contributed by atoms with van der Waals surface area (Å²) in [6.07, 6.45) is 4.05. The molecule has 1 saturated heterocycles. The van der Waals surface area contributed by atoms with E-state index in [2.05, 4.69) is 9.88 Å². The lowest BCUT2D eigenvalue weighted by atomic mass is 9.99. The summed E-state index contributed by atoms with van der Waals surface area (Å²) in [5.41, 5.74) is 0.671. The minimum atomic E-state index is 0.0601. The number of piperidine rings is 1. The van der Waals surface area contributed by atoms with Crippen molar-refractivity contribution in [2.45, 2.75) is 19.8 Å². The first kappa shape index (κ1) is 13.0. The number of pyridine rings is 1. The lowest BCUT2D eigenvalue weighted by molar-refractivity contribution is 0.101. The predicted octanol–water partition coefficient (Wildman–Crippen LogP) is 2.15. The van der Waals surface area contributed by atoms with Crippen LogP contribution in [0.15, 0.2) is 18.3 Å². The number of ketones is 1. The number of ether oxygens (including phenoxy) is 1. The van der Waals surface area contributed by atoms with E-state index < -0.39 is 0 Å². The molecule has 1 aliphatic rings. The van der Waals surface area contributed by atoms with Gasteiger partial charge in [-0.3, -0.25) is 4.79 Å². The van der Waals surface area contributed by atoms with E-state index in [1.807, 2.05) is 12.1 Å². The van der Waals surface area contributed by atoms with Gasteiger partial charge in [0.15, 0.2) is 5.78 Å². The van der Waals surface area contributed by atoms with Crippen LogP contribution in [-0.4, -0.2) is 37.6 Å². The summed E-state index contributed by atoms with van der Waals surface area (Å²) in [6.45, 7) is 4.39. The Kier molecular flexibility index (Phi) is 4.31. The molecule has 0 saturated carbocycles. The van der Waals surface area contributed by atoms with Gasteiger partial charge in [-0.25, -0.2) is 4.98 Å². The molecule has 1 atom stereocenters. The number of anilines is 1. The van der Waals surface area contributed by atoms with Gasteiger partial charge in [-0.1, -0.05) is 0 Å². The van der Waals surface area contributed by atoms with Crippen molar-refractivity contribution >= 4 is 11.6 Å². The number of carbonyl (C=O) groups is 1. The molecule has 1 aliphatic heterocycles. The average Bonchev–Trinajstić information content (AvgIpc) is 2.39. The molecule has 1 aromatic rings. The van der Waals surface area contributed by atoms with E-state index in [1.165, 1.54) is 12.8 Å². The van der Waals surface area contributed by atoms with Crippen LogP contribution in [-0.2, 0) is 4.74 Å². The first-order valence-corrected chi connectivity index (χ1v) is 6.41. The highest BCUT2D eigenvalue weighted by molar-refractivity contribution is 5.93. The van der Waals surface area contributed by atoms with Crippen molar-refractivity contribution < 1.29 is 9.53 Å². The molecule has 0 bridgehead atoms. The molecule has 0 aliphatic carbocycles. The third-order valence-electron chi connectivity index (χ3n) is 3.40. The molecule has 0 amide bonds. The number of aromatic nitrogens is 1. The van der Waals surface area contributed by atoms with Crippen LogP contribution in [0.4, 0.5) is 5.82 Å². The topological polar surface area (TPSA) is 42.4 Å². The number of rotatable bonds is 4. The van der Waals surface area contributed by atoms with Crippen molar-refractivity contribution in [2.75, 3.05) is 31.7 Å². The Bertz CT molecular complexity index is 401. The van der Waals surface area contributed by atoms with Crippen LogP contribution < -0.4 is 4.90 Å². The van der Waals surface area contributed by atoms with E-state index in [1.54, 1.807) is 20.2 Å². The maximum absolute atomic E-state index is 11.2. The SMILES string of the molecule is COCC1CCCN(c2ccc(C(C)=O)cn2)C1. The van der Waals surface area contributed by atoms with Crippen LogP contribution in [0.1, 0.15) is 30.1 Å². The molecule has 1 fully saturated rings. The largest absolute Gasteiger partial charge is 0.384 e. The van der Waals surface area contributed by atoms with Crippen LogP contribution >= 0.6 is 0 Å². The van der Waals surface area contributed by atoms with Gasteiger partial charge in [0.2, 0.25) is 0 Å². The number of hydrogen-bond acceptors (Lipinski definition) is 4. The minimum Gasteiger partial charge on any atom is -0.384 e. The fourth-order valence-electron chi connectivity index (χ4n) is 2.43. The van der Waals surface area contributed by atoms with Crippen molar-refractivity contribution in [1.29, 1.82) is 0 Å². The van der Waals surface area contributed by atoms with Gasteiger partial charge in [0.1, 0.15) is 5.82 Å². The van der Waals surface area contributed by atoms with Crippen molar-refractivity contribution in [3.8, 4) is 0 Å². The van der Waals surface area contributed by atoms with Crippen LogP contribution in [0.3, 0.4) is 0 Å². The van der Waals surface area contributed by atoms with Crippen LogP contribution in [0.2, 0.25) is 0 Å². The molecule has 2 rings (SSSR count). The number of hydrogen-bond donors (Lipinski definition) is 0. The molecule has 0 N–H and O–H groups in total. The van der Waals surface area contributed by atoms with Crippen molar-refractivity contribution in [3.05, 3.63) is 23.9 Å². The summed E-state index contributed by atoms with van der Waals surface area (Å²) < 4.78 is 5.22. The monoisotopic (exact) mass is 248 g/mol. The maximum Gasteiger partial charge on any atom is 0.161 e. The van der Waals surface area contributed by atoms with Crippen LogP contribution in [0.25, 0.3) is 0 Å². The fraction of sp³-hybridized carbons (Fsp3) is 0.571. The summed E-state index contributed by atoms with van der Waals surface area (Å²) in [6, 6.07) is 3.79. The van der Waals surface area contributed by atoms with Gasteiger partial charge in [-0.2, -0.15) is 0 Å². The lowest BCUT2D eigenvalue weighted by Gasteiger charge is -2.33. The second-order valence-corrected chi connectivity index (χ2v) is 4.87. The summed E-state index contributed by atoms with van der Waals surface area (Å²) >= 11 is 0. The highest BCUT2D eigenvalue weighted by Crippen LogP contribution is 2.21. The van der Waals surface area contributed by atoms with Gasteiger partial charge in [0, 0.05) is 32.0 Å². The van der Waals surface area contributed by atoms with Gasteiger partial charge in [-0.15, -0.1) is 0 Å². The quantitative estimate of drug-likeness (QED) is 0.766. The Morgan fingerprint density at radius 1 is 1.56 bits per heavy atom. The highest BCUT2D eigenvalue weighted by Gasteiger charge is 2.20. The van der Waals surface area contributed by atoms with Gasteiger partial charge in [-0.05, 0) is 37.8 Å². The molecule has 1 aromatic heterocycles. The van der Waals surface area contributed by atoms with Crippen molar-refractivity contribution in [1.82, 2.24) is 4.98 Å². The molecule has 98 valence electrons. The summed E-state index contributed by atoms with van der Waals surface area (Å²) in [4.78, 5) is 17.9. The normalized spacial score (nSPS) is 19.9. The van der Waals surface area contributed by atoms with E-state index in [-0.39, 0.29) is 5.78 Å². The Labute approximate surface area is 108 Å². The molecule has 0 radical (unpaired) electrons. The minimum absolute atomic E-state index is 0.0601. The summed E-state index contributed by atoms with van der Waals surface area (Å²) in [5.74, 6) is 1.60. The molecule has 2 heterocycles. The Morgan fingerprint density at radius 2 is 2.39 bits per heavy atom. The first-order valence-electron chi connectivity index (χ1n) is 6.41. The van der Waals surface area contributed by atoms with Gasteiger partial charge < -0.3 is 9.64 Å². The fourth-order valence-corrected chi connectivity index (χ4v) is 2.43. The summed E-state index contributed by atoms with van der Waals surface area (Å²) in [7, 11) is 1.75. The predicted molar refractivity (Wildman–Crippen MR) is 71.1 cm³/mol. The number of carbonyl (C=O) groups excluding carboxylic acids is 1. The highest BCUT2D eigenvalue weighted by atomic mass is 16.5. The van der Waals surface area contributed by atoms with Crippen molar-refractivity contribution in [2.24, 2.45) is 5.92 Å². The van der Waals surface area contributed by atoms with E-state index in [0.29, 0.717) is 11.5 Å². The Morgan fingerprint density at radius 3 is 3.00 bits per heavy atom. The second kappa shape index (κ2) is 5.96. The molecule has 0 aromatic carbocycles. The smallest absolute Gasteiger partial charge is 0.161 e. The van der Waals surface area contributed by atoms with E-state index in [0.717, 1.165) is 25.5 Å². The summed E-state index contributed by atoms with van der Waals surface area (Å²) in [5, 5.41) is 0. The maximum atomic E-state index is 11.2. The lowest BCUT2D eigenvalue weighted by Crippen LogP contribution is -2.37. The van der Waals surface area contributed by atoms with E-state index in [4.69, 9.17) is 4.74 Å². The number of Topliss-reactive ketones (excluding diaryl/α,β-unsaturated/α-hetero) is 1. The number of methoxy groups -OCH3 is 1. The standard InChI is InChI=1S/C14H20N2O2/c1-11(17)13-5-6-14(15-8-13)16-7-3-4-12(9-16)10-18-2/h5-6,8,12H,3-4,7,9-10H2,1-2H3. The van der Waals surface area contributed by atoms with E-state index >= 15 is 0 Å². The zero-order valence-corrected chi connectivity index (χ0v) is 11.1. The molecule has 4 nitrogen and oxygen atoms in total. The third kappa shape index (κ3) is 3.07. The van der Waals surface area contributed by atoms with Gasteiger partial charge in [0.05, 0.1) is 6.61 Å². The molecule has 0 spiro atoms.